The molecule has 0 heteroatoms. The van der Waals surface area contributed by atoms with E-state index in [9.17, 15) is 0 Å². The zero-order valence-electron chi connectivity index (χ0n) is 11.9. The van der Waals surface area contributed by atoms with E-state index < -0.39 is 0 Å². The summed E-state index contributed by atoms with van der Waals surface area (Å²) in [6.45, 7) is 6.90. The normalized spacial score (nSPS) is 15.4. The first-order chi connectivity index (χ1) is 8.69. The van der Waals surface area contributed by atoms with Crippen molar-refractivity contribution in [1.82, 2.24) is 0 Å². The van der Waals surface area contributed by atoms with E-state index in [0.29, 0.717) is 0 Å². The second-order valence-corrected chi connectivity index (χ2v) is 5.72. The molecule has 1 aliphatic carbocycles. The number of hydrogen-bond donors (Lipinski definition) is 0. The fraction of sp³-hybridized carbons (Fsp3) is 0.444. The molecule has 0 unspecified atom stereocenters. The molecule has 0 fully saturated rings. The van der Waals surface area contributed by atoms with Gasteiger partial charge in [-0.15, -0.1) is 0 Å². The Morgan fingerprint density at radius 2 is 1.83 bits per heavy atom. The summed E-state index contributed by atoms with van der Waals surface area (Å²) >= 11 is 0. The van der Waals surface area contributed by atoms with Gasteiger partial charge in [-0.3, -0.25) is 0 Å². The summed E-state index contributed by atoms with van der Waals surface area (Å²) in [4.78, 5) is 0. The Kier molecular flexibility index (Phi) is 4.41. The molecule has 0 amide bonds. The summed E-state index contributed by atoms with van der Waals surface area (Å²) in [6.07, 6.45) is 7.22. The molecule has 1 aliphatic rings. The Hall–Kier alpha value is -1.30. The molecule has 1 aromatic carbocycles. The van der Waals surface area contributed by atoms with Crippen LogP contribution in [0.1, 0.15) is 45.6 Å². The van der Waals surface area contributed by atoms with E-state index in [4.69, 9.17) is 0 Å². The van der Waals surface area contributed by atoms with E-state index in [1.165, 1.54) is 24.8 Å². The molecule has 18 heavy (non-hydrogen) atoms. The van der Waals surface area contributed by atoms with E-state index in [-0.39, 0.29) is 0 Å². The third-order valence-corrected chi connectivity index (χ3v) is 3.62. The van der Waals surface area contributed by atoms with Crippen molar-refractivity contribution >= 4 is 0 Å². The van der Waals surface area contributed by atoms with Crippen LogP contribution in [0.4, 0.5) is 0 Å². The Balaban J connectivity index is 2.16. The van der Waals surface area contributed by atoms with E-state index in [2.05, 4.69) is 57.2 Å². The second-order valence-electron chi connectivity index (χ2n) is 5.72. The molecule has 0 saturated carbocycles. The molecular formula is C18H24. The van der Waals surface area contributed by atoms with Gasteiger partial charge in [0.05, 0.1) is 0 Å². The molecule has 2 rings (SSSR count). The summed E-state index contributed by atoms with van der Waals surface area (Å²) in [5.74, 6) is 0.760. The molecule has 0 N–H and O–H groups in total. The van der Waals surface area contributed by atoms with Crippen LogP contribution in [0, 0.1) is 5.92 Å². The molecule has 0 bridgehead atoms. The molecule has 1 aromatic rings. The highest BCUT2D eigenvalue weighted by molar-refractivity contribution is 5.42. The van der Waals surface area contributed by atoms with E-state index in [1.807, 2.05) is 0 Å². The molecule has 0 saturated heterocycles. The van der Waals surface area contributed by atoms with Gasteiger partial charge < -0.3 is 0 Å². The molecule has 0 radical (unpaired) electrons. The minimum Gasteiger partial charge on any atom is -0.0661 e. The van der Waals surface area contributed by atoms with Crippen LogP contribution in [0.5, 0.6) is 0 Å². The monoisotopic (exact) mass is 240 g/mol. The first kappa shape index (κ1) is 13.1. The van der Waals surface area contributed by atoms with E-state index >= 15 is 0 Å². The van der Waals surface area contributed by atoms with Crippen LogP contribution in [0.2, 0.25) is 0 Å². The zero-order valence-corrected chi connectivity index (χ0v) is 11.9. The van der Waals surface area contributed by atoms with Crippen LogP contribution in [-0.4, -0.2) is 0 Å². The van der Waals surface area contributed by atoms with Gasteiger partial charge in [0, 0.05) is 0 Å². The predicted octanol–water partition coefficient (Wildman–Crippen LogP) is 5.31. The van der Waals surface area contributed by atoms with E-state index in [1.54, 1.807) is 16.7 Å². The van der Waals surface area contributed by atoms with Crippen molar-refractivity contribution in [3.05, 3.63) is 58.7 Å². The highest BCUT2D eigenvalue weighted by atomic mass is 14.2. The van der Waals surface area contributed by atoms with Crippen LogP contribution in [0.15, 0.2) is 53.1 Å². The van der Waals surface area contributed by atoms with Crippen molar-refractivity contribution in [2.75, 3.05) is 0 Å². The van der Waals surface area contributed by atoms with Crippen LogP contribution < -0.4 is 0 Å². The van der Waals surface area contributed by atoms with Gasteiger partial charge in [-0.2, -0.15) is 0 Å². The molecule has 96 valence electrons. The molecule has 0 aliphatic heterocycles. The Labute approximate surface area is 111 Å². The summed E-state index contributed by atoms with van der Waals surface area (Å²) in [5.41, 5.74) is 6.29. The van der Waals surface area contributed by atoms with Crippen molar-refractivity contribution in [3.63, 3.8) is 0 Å². The average molecular weight is 240 g/mol. The van der Waals surface area contributed by atoms with Crippen LogP contribution >= 0.6 is 0 Å². The van der Waals surface area contributed by atoms with Crippen molar-refractivity contribution < 1.29 is 0 Å². The lowest BCUT2D eigenvalue weighted by Gasteiger charge is -2.10. The minimum absolute atomic E-state index is 0.760. The smallest absolute Gasteiger partial charge is 0.00261 e. The van der Waals surface area contributed by atoms with E-state index in [0.717, 1.165) is 12.3 Å². The van der Waals surface area contributed by atoms with Gasteiger partial charge in [0.1, 0.15) is 0 Å². The average Bonchev–Trinajstić information content (AvgIpc) is 2.72. The maximum atomic E-state index is 2.45. The summed E-state index contributed by atoms with van der Waals surface area (Å²) in [5, 5.41) is 0. The lowest BCUT2D eigenvalue weighted by molar-refractivity contribution is 0.630. The summed E-state index contributed by atoms with van der Waals surface area (Å²) in [6, 6.07) is 10.8. The molecule has 0 atom stereocenters. The van der Waals surface area contributed by atoms with Crippen molar-refractivity contribution in [1.29, 1.82) is 0 Å². The van der Waals surface area contributed by atoms with Gasteiger partial charge in [0.2, 0.25) is 0 Å². The maximum absolute atomic E-state index is 2.45. The highest BCUT2D eigenvalue weighted by Crippen LogP contribution is 2.33. The van der Waals surface area contributed by atoms with Gasteiger partial charge in [-0.05, 0) is 42.7 Å². The standard InChI is InChI=1S/C18H24/c1-4-15-11-17(10-14(2)3)18(12-15)13-16-8-6-5-7-9-16/h5-9,12,14H,4,10-11,13H2,1-3H3. The number of hydrogen-bond acceptors (Lipinski definition) is 0. The predicted molar refractivity (Wildman–Crippen MR) is 79.6 cm³/mol. The SMILES string of the molecule is CCC1=CC(Cc2ccccc2)=C(CC(C)C)C1. The minimum atomic E-state index is 0.760. The largest absolute Gasteiger partial charge is 0.0661 e. The second kappa shape index (κ2) is 6.04. The van der Waals surface area contributed by atoms with Gasteiger partial charge >= 0.3 is 0 Å². The fourth-order valence-corrected chi connectivity index (χ4v) is 2.70. The van der Waals surface area contributed by atoms with Crippen LogP contribution in [-0.2, 0) is 6.42 Å². The van der Waals surface area contributed by atoms with Gasteiger partial charge in [0.15, 0.2) is 0 Å². The fourth-order valence-electron chi connectivity index (χ4n) is 2.70. The van der Waals surface area contributed by atoms with Crippen molar-refractivity contribution in [2.24, 2.45) is 5.92 Å². The van der Waals surface area contributed by atoms with Gasteiger partial charge in [-0.1, -0.05) is 68.3 Å². The Bertz CT molecular complexity index is 446. The zero-order chi connectivity index (χ0) is 13.0. The Morgan fingerprint density at radius 3 is 2.44 bits per heavy atom. The molecule has 0 heterocycles. The van der Waals surface area contributed by atoms with Gasteiger partial charge in [0.25, 0.3) is 0 Å². The quantitative estimate of drug-likeness (QED) is 0.654. The number of allylic oxidation sites excluding steroid dienone is 4. The maximum Gasteiger partial charge on any atom is -0.00261 e. The lowest BCUT2D eigenvalue weighted by Crippen LogP contribution is -1.95. The van der Waals surface area contributed by atoms with Crippen molar-refractivity contribution in [3.8, 4) is 0 Å². The van der Waals surface area contributed by atoms with Crippen LogP contribution in [0.3, 0.4) is 0 Å². The number of benzene rings is 1. The number of rotatable bonds is 5. The van der Waals surface area contributed by atoms with Crippen molar-refractivity contribution in [2.45, 2.75) is 46.5 Å². The first-order valence-corrected chi connectivity index (χ1v) is 7.13. The first-order valence-electron chi connectivity index (χ1n) is 7.13. The third kappa shape index (κ3) is 3.35. The topological polar surface area (TPSA) is 0 Å². The highest BCUT2D eigenvalue weighted by Gasteiger charge is 2.15. The Morgan fingerprint density at radius 1 is 1.11 bits per heavy atom. The summed E-state index contributed by atoms with van der Waals surface area (Å²) in [7, 11) is 0. The van der Waals surface area contributed by atoms with Gasteiger partial charge in [-0.25, -0.2) is 0 Å². The summed E-state index contributed by atoms with van der Waals surface area (Å²) < 4.78 is 0. The lowest BCUT2D eigenvalue weighted by atomic mass is 9.95. The molecule has 0 aromatic heterocycles. The molecular weight excluding hydrogens is 216 g/mol. The molecule has 0 spiro atoms. The molecule has 0 nitrogen and oxygen atoms in total. The third-order valence-electron chi connectivity index (χ3n) is 3.62. The van der Waals surface area contributed by atoms with Crippen LogP contribution in [0.25, 0.3) is 0 Å².